The molecule has 0 saturated carbocycles. The van der Waals surface area contributed by atoms with Gasteiger partial charge in [-0.15, -0.1) is 0 Å². The third kappa shape index (κ3) is 8.83. The molecule has 0 radical (unpaired) electrons. The maximum absolute atomic E-state index is 2.00. The summed E-state index contributed by atoms with van der Waals surface area (Å²) in [4.78, 5) is 4.00. The summed E-state index contributed by atoms with van der Waals surface area (Å²) < 4.78 is 0. The summed E-state index contributed by atoms with van der Waals surface area (Å²) in [5.41, 5.74) is 0. The van der Waals surface area contributed by atoms with Crippen molar-refractivity contribution in [3.8, 4) is 0 Å². The van der Waals surface area contributed by atoms with Crippen LogP contribution in [0.5, 0.6) is 0 Å². The van der Waals surface area contributed by atoms with E-state index in [0.29, 0.717) is 0 Å². The van der Waals surface area contributed by atoms with Crippen molar-refractivity contribution in [3.63, 3.8) is 0 Å². The van der Waals surface area contributed by atoms with Crippen molar-refractivity contribution in [2.75, 3.05) is 14.1 Å². The van der Waals surface area contributed by atoms with Gasteiger partial charge in [-0.05, 0) is 26.5 Å². The van der Waals surface area contributed by atoms with E-state index in [9.17, 15) is 0 Å². The SMILES string of the molecule is CN1C=CN(C)[CH-]1.[Mo].c1cc[cH-]c1.c1cc[cH-]c1. The van der Waals surface area contributed by atoms with Crippen LogP contribution >= 0.6 is 0 Å². The average molecular weight is 323 g/mol. The van der Waals surface area contributed by atoms with E-state index in [2.05, 4.69) is 0 Å². The molecule has 18 heavy (non-hydrogen) atoms. The van der Waals surface area contributed by atoms with E-state index in [1.165, 1.54) is 0 Å². The van der Waals surface area contributed by atoms with Crippen molar-refractivity contribution in [1.82, 2.24) is 9.80 Å². The molecule has 1 aliphatic heterocycles. The van der Waals surface area contributed by atoms with Crippen LogP contribution in [0.1, 0.15) is 0 Å². The molecule has 2 aromatic carbocycles. The zero-order valence-electron chi connectivity index (χ0n) is 10.8. The normalized spacial score (nSPS) is 11.9. The summed E-state index contributed by atoms with van der Waals surface area (Å²) in [7, 11) is 4.00. The van der Waals surface area contributed by atoms with Gasteiger partial charge in [-0.2, -0.15) is 43.1 Å². The van der Waals surface area contributed by atoms with Crippen LogP contribution < -0.4 is 0 Å². The van der Waals surface area contributed by atoms with E-state index in [-0.39, 0.29) is 21.1 Å². The molecular weight excluding hydrogens is 304 g/mol. The van der Waals surface area contributed by atoms with Gasteiger partial charge < -0.3 is 9.80 Å². The van der Waals surface area contributed by atoms with Crippen molar-refractivity contribution in [3.05, 3.63) is 79.7 Å². The summed E-state index contributed by atoms with van der Waals surface area (Å²) in [6.07, 6.45) is 4.00. The van der Waals surface area contributed by atoms with E-state index in [4.69, 9.17) is 0 Å². The van der Waals surface area contributed by atoms with Gasteiger partial charge in [-0.25, -0.2) is 24.3 Å². The van der Waals surface area contributed by atoms with E-state index in [1.807, 2.05) is 104 Å². The largest absolute Gasteiger partial charge is 0.511 e. The van der Waals surface area contributed by atoms with Gasteiger partial charge >= 0.3 is 0 Å². The third-order valence-electron chi connectivity index (χ3n) is 2.01. The van der Waals surface area contributed by atoms with Crippen molar-refractivity contribution in [2.45, 2.75) is 0 Å². The molecule has 0 unspecified atom stereocenters. The molecule has 98 valence electrons. The molecule has 2 nitrogen and oxygen atoms in total. The first-order valence-corrected chi connectivity index (χ1v) is 5.59. The summed E-state index contributed by atoms with van der Waals surface area (Å²) in [6.45, 7) is 2.00. The second kappa shape index (κ2) is 10.9. The van der Waals surface area contributed by atoms with E-state index < -0.39 is 0 Å². The molecule has 0 amide bonds. The van der Waals surface area contributed by atoms with Gasteiger partial charge in [-0.3, -0.25) is 0 Å². The van der Waals surface area contributed by atoms with Crippen LogP contribution in [-0.4, -0.2) is 23.9 Å². The predicted octanol–water partition coefficient (Wildman–Crippen LogP) is 3.26. The van der Waals surface area contributed by atoms with Crippen LogP contribution in [-0.2, 0) is 21.1 Å². The minimum absolute atomic E-state index is 0. The maximum Gasteiger partial charge on any atom is 0 e. The van der Waals surface area contributed by atoms with Gasteiger partial charge in [0.1, 0.15) is 0 Å². The molecule has 0 saturated heterocycles. The number of hydrogen-bond donors (Lipinski definition) is 0. The van der Waals surface area contributed by atoms with Gasteiger partial charge in [0.2, 0.25) is 0 Å². The summed E-state index contributed by atoms with van der Waals surface area (Å²) in [5.74, 6) is 0. The van der Waals surface area contributed by atoms with Gasteiger partial charge in [-0.1, -0.05) is 0 Å². The fourth-order valence-electron chi connectivity index (χ4n) is 1.22. The second-order valence-electron chi connectivity index (χ2n) is 3.67. The van der Waals surface area contributed by atoms with Crippen LogP contribution in [0.3, 0.4) is 0 Å². The quantitative estimate of drug-likeness (QED) is 0.542. The second-order valence-corrected chi connectivity index (χ2v) is 3.67. The van der Waals surface area contributed by atoms with E-state index >= 15 is 0 Å². The Morgan fingerprint density at radius 2 is 1.00 bits per heavy atom. The molecule has 0 atom stereocenters. The summed E-state index contributed by atoms with van der Waals surface area (Å²) in [6, 6.07) is 20.0. The van der Waals surface area contributed by atoms with Gasteiger partial charge in [0, 0.05) is 21.1 Å². The number of hydrogen-bond acceptors (Lipinski definition) is 2. The van der Waals surface area contributed by atoms with Crippen LogP contribution in [0.2, 0.25) is 0 Å². The number of rotatable bonds is 0. The molecule has 0 N–H and O–H groups in total. The Kier molecular flexibility index (Phi) is 10.1. The maximum atomic E-state index is 2.00. The van der Waals surface area contributed by atoms with Gasteiger partial charge in [0.05, 0.1) is 0 Å². The monoisotopic (exact) mass is 325 g/mol. The van der Waals surface area contributed by atoms with Crippen LogP contribution in [0.15, 0.2) is 73.1 Å². The first kappa shape index (κ1) is 16.7. The minimum Gasteiger partial charge on any atom is -0.511 e. The van der Waals surface area contributed by atoms with Crippen molar-refractivity contribution >= 4 is 0 Å². The summed E-state index contributed by atoms with van der Waals surface area (Å²) in [5, 5.41) is 0. The van der Waals surface area contributed by atoms with Gasteiger partial charge in [0.15, 0.2) is 0 Å². The van der Waals surface area contributed by atoms with E-state index in [0.717, 1.165) is 0 Å². The summed E-state index contributed by atoms with van der Waals surface area (Å²) >= 11 is 0. The zero-order chi connectivity index (χ0) is 12.3. The molecule has 0 aromatic heterocycles. The first-order valence-electron chi connectivity index (χ1n) is 5.59. The fraction of sp³-hybridized carbons (Fsp3) is 0.133. The average Bonchev–Trinajstić information content (AvgIpc) is 3.03. The van der Waals surface area contributed by atoms with Crippen molar-refractivity contribution in [1.29, 1.82) is 0 Å². The Morgan fingerprint density at radius 1 is 0.667 bits per heavy atom. The Hall–Kier alpha value is -1.27. The molecule has 3 rings (SSSR count). The molecule has 0 bridgehead atoms. The molecule has 0 spiro atoms. The first-order chi connectivity index (χ1) is 8.29. The molecule has 1 heterocycles. The van der Waals surface area contributed by atoms with Gasteiger partial charge in [0.25, 0.3) is 0 Å². The third-order valence-corrected chi connectivity index (χ3v) is 2.01. The van der Waals surface area contributed by atoms with Crippen LogP contribution in [0.4, 0.5) is 0 Å². The topological polar surface area (TPSA) is 6.48 Å². The Labute approximate surface area is 125 Å². The molecule has 0 aliphatic carbocycles. The predicted molar refractivity (Wildman–Crippen MR) is 73.0 cm³/mol. The standard InChI is InChI=1S/C5H9N2.2C5H5.Mo/c1-6-3-4-7(2)5-6;2*1-2-4-5-3-1;/h3-5H,1-2H3;2*1-5H;/q3*-1;. The Bertz CT molecular complexity index is 294. The smallest absolute Gasteiger partial charge is 0 e. The zero-order valence-corrected chi connectivity index (χ0v) is 12.8. The number of nitrogens with zero attached hydrogens (tertiary/aromatic N) is 2. The molecule has 1 aliphatic rings. The molecule has 3 heteroatoms. The molecule has 0 fully saturated rings. The Balaban J connectivity index is 0.000000239. The fourth-order valence-corrected chi connectivity index (χ4v) is 1.22. The van der Waals surface area contributed by atoms with Crippen LogP contribution in [0.25, 0.3) is 0 Å². The molecular formula is C15H19MoN2-3. The van der Waals surface area contributed by atoms with Crippen molar-refractivity contribution in [2.24, 2.45) is 0 Å². The van der Waals surface area contributed by atoms with Crippen LogP contribution in [0, 0.1) is 6.67 Å². The Morgan fingerprint density at radius 3 is 1.11 bits per heavy atom. The minimum atomic E-state index is 0. The molecule has 2 aromatic rings. The van der Waals surface area contributed by atoms with Crippen molar-refractivity contribution < 1.29 is 21.1 Å². The van der Waals surface area contributed by atoms with E-state index in [1.54, 1.807) is 0 Å².